The van der Waals surface area contributed by atoms with Gasteiger partial charge in [-0.3, -0.25) is 0 Å². The molecule has 4 N–H and O–H groups in total. The quantitative estimate of drug-likeness (QED) is 0.489. The average molecular weight is 471 g/mol. The largest absolute Gasteiger partial charge is 0.460 e. The van der Waals surface area contributed by atoms with Gasteiger partial charge >= 0.3 is 6.18 Å². The predicted octanol–water partition coefficient (Wildman–Crippen LogP) is 5.60. The summed E-state index contributed by atoms with van der Waals surface area (Å²) in [5, 5.41) is 0.110. The number of anilines is 1. The molecule has 0 aliphatic carbocycles. The number of aromatic nitrogens is 2. The van der Waals surface area contributed by atoms with Crippen LogP contribution in [-0.2, 0) is 6.42 Å². The summed E-state index contributed by atoms with van der Waals surface area (Å²) >= 11 is 11.7. The van der Waals surface area contributed by atoms with Gasteiger partial charge in [0.05, 0.1) is 15.7 Å². The number of alkyl halides is 3. The molecule has 0 spiro atoms. The number of hydrogen-bond donors (Lipinski definition) is 2. The summed E-state index contributed by atoms with van der Waals surface area (Å²) < 4.78 is 46.3. The highest BCUT2D eigenvalue weighted by atomic mass is 35.5. The van der Waals surface area contributed by atoms with Crippen LogP contribution in [0, 0.1) is 0 Å². The van der Waals surface area contributed by atoms with Gasteiger partial charge in [0, 0.05) is 23.2 Å². The Bertz CT molecular complexity index is 1060. The number of ether oxygens (including phenoxy) is 1. The second-order valence-electron chi connectivity index (χ2n) is 7.04. The molecule has 2 atom stereocenters. The fourth-order valence-corrected chi connectivity index (χ4v) is 3.26. The Labute approximate surface area is 187 Å². The van der Waals surface area contributed by atoms with Gasteiger partial charge < -0.3 is 16.2 Å². The molecular weight excluding hydrogens is 452 g/mol. The van der Waals surface area contributed by atoms with Crippen LogP contribution in [0.4, 0.5) is 19.1 Å². The van der Waals surface area contributed by atoms with Crippen molar-refractivity contribution in [3.63, 3.8) is 0 Å². The number of hydrogen-bond acceptors (Lipinski definition) is 5. The minimum Gasteiger partial charge on any atom is -0.460 e. The Morgan fingerprint density at radius 3 is 2.26 bits per heavy atom. The minimum atomic E-state index is -4.74. The van der Waals surface area contributed by atoms with Crippen molar-refractivity contribution in [1.29, 1.82) is 0 Å². The van der Waals surface area contributed by atoms with Crippen LogP contribution in [0.5, 0.6) is 5.88 Å². The molecule has 1 aromatic heterocycles. The Balaban J connectivity index is 1.93. The van der Waals surface area contributed by atoms with Gasteiger partial charge in [-0.2, -0.15) is 18.2 Å². The molecule has 1 heterocycles. The second kappa shape index (κ2) is 9.30. The summed E-state index contributed by atoms with van der Waals surface area (Å²) in [6.45, 7) is 1.90. The lowest BCUT2D eigenvalue weighted by atomic mass is 10.0. The van der Waals surface area contributed by atoms with Crippen molar-refractivity contribution in [2.24, 2.45) is 5.73 Å². The minimum absolute atomic E-state index is 0.00113. The topological polar surface area (TPSA) is 87.0 Å². The maximum Gasteiger partial charge on any atom is 0.429 e. The Morgan fingerprint density at radius 2 is 1.68 bits per heavy atom. The number of halogens is 5. The van der Waals surface area contributed by atoms with Crippen LogP contribution in [0.3, 0.4) is 0 Å². The molecular formula is C21H19Cl2F3N4O. The van der Waals surface area contributed by atoms with Gasteiger partial charge in [0.25, 0.3) is 0 Å². The van der Waals surface area contributed by atoms with Crippen LogP contribution in [0.15, 0.2) is 48.5 Å². The van der Waals surface area contributed by atoms with Crippen molar-refractivity contribution in [3.8, 4) is 17.1 Å². The highest BCUT2D eigenvalue weighted by Crippen LogP contribution is 2.39. The third-order valence-electron chi connectivity index (χ3n) is 4.31. The molecule has 3 aromatic rings. The SMILES string of the molecule is C[C@H](N)Cc1ccc(-c2cc(OC(c3ccc(Cl)c(Cl)c3)C(F)(F)F)nc(N)n2)cc1. The van der Waals surface area contributed by atoms with E-state index in [1.54, 1.807) is 12.1 Å². The first-order valence-electron chi connectivity index (χ1n) is 9.20. The number of rotatable bonds is 6. The van der Waals surface area contributed by atoms with E-state index in [1.165, 1.54) is 18.2 Å². The molecule has 0 fully saturated rings. The molecule has 31 heavy (non-hydrogen) atoms. The molecule has 0 aliphatic heterocycles. The van der Waals surface area contributed by atoms with Crippen molar-refractivity contribution < 1.29 is 17.9 Å². The van der Waals surface area contributed by atoms with Crippen molar-refractivity contribution >= 4 is 29.2 Å². The fourth-order valence-electron chi connectivity index (χ4n) is 2.95. The van der Waals surface area contributed by atoms with Crippen LogP contribution >= 0.6 is 23.2 Å². The molecule has 0 saturated heterocycles. The highest BCUT2D eigenvalue weighted by molar-refractivity contribution is 6.42. The molecule has 0 bridgehead atoms. The molecule has 164 valence electrons. The van der Waals surface area contributed by atoms with Crippen LogP contribution in [0.2, 0.25) is 10.0 Å². The van der Waals surface area contributed by atoms with Gasteiger partial charge in [0.1, 0.15) is 0 Å². The predicted molar refractivity (Wildman–Crippen MR) is 115 cm³/mol. The highest BCUT2D eigenvalue weighted by Gasteiger charge is 2.43. The second-order valence-corrected chi connectivity index (χ2v) is 7.86. The summed E-state index contributed by atoms with van der Waals surface area (Å²) in [4.78, 5) is 7.91. The molecule has 5 nitrogen and oxygen atoms in total. The van der Waals surface area contributed by atoms with Crippen molar-refractivity contribution in [2.45, 2.75) is 31.7 Å². The lowest BCUT2D eigenvalue weighted by Crippen LogP contribution is -2.26. The number of benzene rings is 2. The summed E-state index contributed by atoms with van der Waals surface area (Å²) in [7, 11) is 0. The van der Waals surface area contributed by atoms with Gasteiger partial charge in [-0.15, -0.1) is 0 Å². The zero-order valence-electron chi connectivity index (χ0n) is 16.3. The monoisotopic (exact) mass is 470 g/mol. The van der Waals surface area contributed by atoms with Crippen molar-refractivity contribution in [1.82, 2.24) is 9.97 Å². The summed E-state index contributed by atoms with van der Waals surface area (Å²) in [5.74, 6) is -0.544. The fraction of sp³-hybridized carbons (Fsp3) is 0.238. The van der Waals surface area contributed by atoms with E-state index in [0.29, 0.717) is 17.7 Å². The zero-order valence-corrected chi connectivity index (χ0v) is 17.8. The van der Waals surface area contributed by atoms with E-state index in [-0.39, 0.29) is 33.5 Å². The molecule has 0 saturated carbocycles. The molecule has 2 aromatic carbocycles. The first-order chi connectivity index (χ1) is 14.5. The lowest BCUT2D eigenvalue weighted by Gasteiger charge is -2.22. The van der Waals surface area contributed by atoms with E-state index in [0.717, 1.165) is 11.6 Å². The third-order valence-corrected chi connectivity index (χ3v) is 5.05. The molecule has 10 heteroatoms. The van der Waals surface area contributed by atoms with E-state index in [1.807, 2.05) is 19.1 Å². The lowest BCUT2D eigenvalue weighted by molar-refractivity contribution is -0.198. The van der Waals surface area contributed by atoms with Gasteiger partial charge in [-0.1, -0.05) is 53.5 Å². The molecule has 0 radical (unpaired) electrons. The van der Waals surface area contributed by atoms with Crippen LogP contribution in [0.1, 0.15) is 24.2 Å². The Hall–Kier alpha value is -2.55. The van der Waals surface area contributed by atoms with Crippen molar-refractivity contribution in [3.05, 3.63) is 69.7 Å². The van der Waals surface area contributed by atoms with E-state index in [4.69, 9.17) is 39.4 Å². The number of nitrogen functional groups attached to an aromatic ring is 1. The van der Waals surface area contributed by atoms with Crippen LogP contribution in [0.25, 0.3) is 11.3 Å². The molecule has 0 aliphatic rings. The van der Waals surface area contributed by atoms with E-state index >= 15 is 0 Å². The first kappa shape index (κ1) is 23.1. The number of nitrogens with two attached hydrogens (primary N) is 2. The summed E-state index contributed by atoms with van der Waals surface area (Å²) in [6, 6.07) is 12.2. The zero-order chi connectivity index (χ0) is 22.8. The van der Waals surface area contributed by atoms with Gasteiger partial charge in [0.2, 0.25) is 17.9 Å². The summed E-state index contributed by atoms with van der Waals surface area (Å²) in [6.07, 6.45) is -6.37. The van der Waals surface area contributed by atoms with E-state index in [2.05, 4.69) is 9.97 Å². The standard InChI is InChI=1S/C21H19Cl2F3N4O/c1-11(27)8-12-2-4-13(5-3-12)17-10-18(30-20(28)29-17)31-19(21(24,25)26)14-6-7-15(22)16(23)9-14/h2-7,9-11,19H,8,27H2,1H3,(H2,28,29,30)/t11-,19?/m0/s1. The molecule has 1 unspecified atom stereocenters. The van der Waals surface area contributed by atoms with Crippen molar-refractivity contribution in [2.75, 3.05) is 5.73 Å². The smallest absolute Gasteiger partial charge is 0.429 e. The maximum atomic E-state index is 13.7. The maximum absolute atomic E-state index is 13.7. The third kappa shape index (κ3) is 6.00. The van der Waals surface area contributed by atoms with Gasteiger partial charge in [-0.25, -0.2) is 4.98 Å². The Kier molecular flexibility index (Phi) is 6.93. The van der Waals surface area contributed by atoms with Crippen LogP contribution in [-0.4, -0.2) is 22.2 Å². The number of nitrogens with zero attached hydrogens (tertiary/aromatic N) is 2. The van der Waals surface area contributed by atoms with E-state index in [9.17, 15) is 13.2 Å². The summed E-state index contributed by atoms with van der Waals surface area (Å²) in [5.41, 5.74) is 13.3. The van der Waals surface area contributed by atoms with Gasteiger partial charge in [-0.05, 0) is 31.0 Å². The molecule has 0 amide bonds. The average Bonchev–Trinajstić information content (AvgIpc) is 2.67. The van der Waals surface area contributed by atoms with E-state index < -0.39 is 12.3 Å². The normalized spacial score (nSPS) is 13.6. The molecule has 3 rings (SSSR count). The first-order valence-corrected chi connectivity index (χ1v) is 9.96. The van der Waals surface area contributed by atoms with Crippen LogP contribution < -0.4 is 16.2 Å². The van der Waals surface area contributed by atoms with Gasteiger partial charge in [0.15, 0.2) is 0 Å². The Morgan fingerprint density at radius 1 is 1.00 bits per heavy atom.